The van der Waals surface area contributed by atoms with Crippen molar-refractivity contribution in [2.75, 3.05) is 0 Å². The van der Waals surface area contributed by atoms with E-state index < -0.39 is 17.4 Å². The number of carbonyl (C=O) groups is 2. The summed E-state index contributed by atoms with van der Waals surface area (Å²) in [4.78, 5) is 22.8. The van der Waals surface area contributed by atoms with Crippen molar-refractivity contribution in [1.82, 2.24) is 10.5 Å². The number of amides is 1. The summed E-state index contributed by atoms with van der Waals surface area (Å²) >= 11 is 0. The van der Waals surface area contributed by atoms with Crippen molar-refractivity contribution in [2.45, 2.75) is 32.2 Å². The Morgan fingerprint density at radius 3 is 2.50 bits per heavy atom. The maximum absolute atomic E-state index is 11.6. The molecule has 1 rings (SSSR count). The third kappa shape index (κ3) is 2.21. The van der Waals surface area contributed by atoms with Gasteiger partial charge in [0.2, 0.25) is 5.76 Å². The molecule has 1 aromatic heterocycles. The molecule has 16 heavy (non-hydrogen) atoms. The highest BCUT2D eigenvalue weighted by atomic mass is 16.5. The molecule has 0 radical (unpaired) electrons. The van der Waals surface area contributed by atoms with Gasteiger partial charge >= 0.3 is 5.97 Å². The number of aromatic nitrogens is 1. The lowest BCUT2D eigenvalue weighted by Crippen LogP contribution is -2.53. The van der Waals surface area contributed by atoms with Crippen LogP contribution in [0.3, 0.4) is 0 Å². The molecule has 0 saturated carbocycles. The van der Waals surface area contributed by atoms with Crippen molar-refractivity contribution in [3.05, 3.63) is 18.0 Å². The average molecular weight is 226 g/mol. The van der Waals surface area contributed by atoms with E-state index in [2.05, 4.69) is 15.0 Å². The predicted octanol–water partition coefficient (Wildman–Crippen LogP) is 1.05. The van der Waals surface area contributed by atoms with Gasteiger partial charge in [0.05, 0.1) is 6.20 Å². The average Bonchev–Trinajstić information content (AvgIpc) is 2.78. The number of carbonyl (C=O) groups excluding carboxylic acids is 1. The second-order valence-electron chi connectivity index (χ2n) is 3.43. The fraction of sp³-hybridized carbons (Fsp3) is 0.500. The summed E-state index contributed by atoms with van der Waals surface area (Å²) in [5.41, 5.74) is -1.25. The molecule has 0 aliphatic carbocycles. The zero-order valence-electron chi connectivity index (χ0n) is 9.19. The Bertz CT molecular complexity index is 368. The van der Waals surface area contributed by atoms with Crippen LogP contribution < -0.4 is 5.32 Å². The maximum Gasteiger partial charge on any atom is 0.329 e. The van der Waals surface area contributed by atoms with Crippen LogP contribution in [0, 0.1) is 0 Å². The van der Waals surface area contributed by atoms with Crippen LogP contribution in [0.4, 0.5) is 0 Å². The Hall–Kier alpha value is -1.85. The van der Waals surface area contributed by atoms with Crippen LogP contribution in [0.25, 0.3) is 0 Å². The number of hydrogen-bond acceptors (Lipinski definition) is 4. The Balaban J connectivity index is 2.84. The Morgan fingerprint density at radius 1 is 1.50 bits per heavy atom. The van der Waals surface area contributed by atoms with Crippen molar-refractivity contribution in [3.8, 4) is 0 Å². The van der Waals surface area contributed by atoms with Crippen molar-refractivity contribution in [1.29, 1.82) is 0 Å². The molecule has 0 aliphatic heterocycles. The smallest absolute Gasteiger partial charge is 0.329 e. The lowest BCUT2D eigenvalue weighted by molar-refractivity contribution is -0.144. The van der Waals surface area contributed by atoms with Gasteiger partial charge in [0.25, 0.3) is 5.91 Å². The molecule has 1 aromatic rings. The van der Waals surface area contributed by atoms with Gasteiger partial charge in [0, 0.05) is 6.07 Å². The standard InChI is InChI=1S/C10H14N2O4/c1-3-10(4-2,9(14)15)12-8(13)7-5-6-11-16-7/h5-6H,3-4H2,1-2H3,(H,12,13)(H,14,15). The molecule has 1 heterocycles. The highest BCUT2D eigenvalue weighted by Crippen LogP contribution is 2.16. The van der Waals surface area contributed by atoms with Crippen molar-refractivity contribution >= 4 is 11.9 Å². The van der Waals surface area contributed by atoms with Gasteiger partial charge in [-0.15, -0.1) is 0 Å². The Kier molecular flexibility index (Phi) is 3.65. The second-order valence-corrected chi connectivity index (χ2v) is 3.43. The third-order valence-corrected chi connectivity index (χ3v) is 2.63. The van der Waals surface area contributed by atoms with E-state index in [9.17, 15) is 9.59 Å². The second kappa shape index (κ2) is 4.78. The van der Waals surface area contributed by atoms with E-state index >= 15 is 0 Å². The highest BCUT2D eigenvalue weighted by molar-refractivity contribution is 5.95. The fourth-order valence-electron chi connectivity index (χ4n) is 1.39. The number of nitrogens with zero attached hydrogens (tertiary/aromatic N) is 1. The summed E-state index contributed by atoms with van der Waals surface area (Å²) in [7, 11) is 0. The molecule has 0 unspecified atom stereocenters. The van der Waals surface area contributed by atoms with Gasteiger partial charge in [0.1, 0.15) is 5.54 Å². The van der Waals surface area contributed by atoms with E-state index in [4.69, 9.17) is 5.11 Å². The van der Waals surface area contributed by atoms with E-state index in [1.54, 1.807) is 13.8 Å². The molecule has 0 spiro atoms. The van der Waals surface area contributed by atoms with E-state index in [0.29, 0.717) is 12.8 Å². The lowest BCUT2D eigenvalue weighted by Gasteiger charge is -2.27. The summed E-state index contributed by atoms with van der Waals surface area (Å²) < 4.78 is 4.65. The third-order valence-electron chi connectivity index (χ3n) is 2.63. The zero-order valence-corrected chi connectivity index (χ0v) is 9.19. The molecule has 88 valence electrons. The molecule has 0 saturated heterocycles. The quantitative estimate of drug-likeness (QED) is 0.782. The predicted molar refractivity (Wildman–Crippen MR) is 54.9 cm³/mol. The normalized spacial score (nSPS) is 11.1. The minimum atomic E-state index is -1.25. The van der Waals surface area contributed by atoms with Crippen LogP contribution in [0.5, 0.6) is 0 Å². The summed E-state index contributed by atoms with van der Waals surface area (Å²) in [6, 6.07) is 1.38. The van der Waals surface area contributed by atoms with Gasteiger partial charge in [-0.1, -0.05) is 19.0 Å². The van der Waals surface area contributed by atoms with Crippen molar-refractivity contribution in [3.63, 3.8) is 0 Å². The number of aliphatic carboxylic acids is 1. The summed E-state index contributed by atoms with van der Waals surface area (Å²) in [6.45, 7) is 3.41. The van der Waals surface area contributed by atoms with Crippen LogP contribution >= 0.6 is 0 Å². The number of carboxylic acid groups (broad SMARTS) is 1. The molecule has 2 N–H and O–H groups in total. The molecule has 0 fully saturated rings. The minimum absolute atomic E-state index is 0.00697. The Morgan fingerprint density at radius 2 is 2.12 bits per heavy atom. The monoisotopic (exact) mass is 226 g/mol. The van der Waals surface area contributed by atoms with Gasteiger partial charge in [-0.3, -0.25) is 4.79 Å². The molecular weight excluding hydrogens is 212 g/mol. The number of nitrogens with one attached hydrogen (secondary N) is 1. The Labute approximate surface area is 92.6 Å². The first-order valence-corrected chi connectivity index (χ1v) is 5.02. The fourth-order valence-corrected chi connectivity index (χ4v) is 1.39. The van der Waals surface area contributed by atoms with Gasteiger partial charge in [-0.2, -0.15) is 0 Å². The number of rotatable bonds is 5. The van der Waals surface area contributed by atoms with E-state index in [0.717, 1.165) is 0 Å². The first-order chi connectivity index (χ1) is 7.55. The molecule has 0 bridgehead atoms. The lowest BCUT2D eigenvalue weighted by atomic mass is 9.93. The van der Waals surface area contributed by atoms with Crippen molar-refractivity contribution < 1.29 is 19.2 Å². The van der Waals surface area contributed by atoms with E-state index in [1.165, 1.54) is 12.3 Å². The maximum atomic E-state index is 11.6. The largest absolute Gasteiger partial charge is 0.480 e. The van der Waals surface area contributed by atoms with Gasteiger partial charge in [-0.25, -0.2) is 4.79 Å². The first kappa shape index (κ1) is 12.2. The number of hydrogen-bond donors (Lipinski definition) is 2. The summed E-state index contributed by atoms with van der Waals surface area (Å²) in [5, 5.41) is 15.0. The van der Waals surface area contributed by atoms with Gasteiger partial charge in [0.15, 0.2) is 0 Å². The minimum Gasteiger partial charge on any atom is -0.480 e. The zero-order chi connectivity index (χ0) is 12.2. The molecular formula is C10H14N2O4. The topological polar surface area (TPSA) is 92.4 Å². The van der Waals surface area contributed by atoms with E-state index in [1.807, 2.05) is 0 Å². The van der Waals surface area contributed by atoms with Crippen LogP contribution in [0.1, 0.15) is 37.2 Å². The van der Waals surface area contributed by atoms with Gasteiger partial charge < -0.3 is 14.9 Å². The van der Waals surface area contributed by atoms with Crippen LogP contribution in [0.15, 0.2) is 16.8 Å². The SMILES string of the molecule is CCC(CC)(NC(=O)c1ccno1)C(=O)O. The van der Waals surface area contributed by atoms with Crippen molar-refractivity contribution in [2.24, 2.45) is 0 Å². The molecule has 6 heteroatoms. The van der Waals surface area contributed by atoms with Crippen LogP contribution in [-0.4, -0.2) is 27.7 Å². The molecule has 0 aromatic carbocycles. The number of carboxylic acids is 1. The van der Waals surface area contributed by atoms with Crippen LogP contribution in [0.2, 0.25) is 0 Å². The van der Waals surface area contributed by atoms with Crippen LogP contribution in [-0.2, 0) is 4.79 Å². The molecule has 0 aliphatic rings. The highest BCUT2D eigenvalue weighted by Gasteiger charge is 2.37. The molecule has 6 nitrogen and oxygen atoms in total. The van der Waals surface area contributed by atoms with E-state index in [-0.39, 0.29) is 5.76 Å². The molecule has 1 amide bonds. The summed E-state index contributed by atoms with van der Waals surface area (Å²) in [6.07, 6.45) is 1.94. The van der Waals surface area contributed by atoms with Gasteiger partial charge in [-0.05, 0) is 12.8 Å². The first-order valence-electron chi connectivity index (χ1n) is 5.02. The summed E-state index contributed by atoms with van der Waals surface area (Å²) in [5.74, 6) is -1.61. The molecule has 0 atom stereocenters.